The second kappa shape index (κ2) is 4.51. The van der Waals surface area contributed by atoms with E-state index < -0.39 is 0 Å². The third kappa shape index (κ3) is 1.75. The van der Waals surface area contributed by atoms with Gasteiger partial charge in [-0.1, -0.05) is 37.1 Å². The predicted octanol–water partition coefficient (Wildman–Crippen LogP) is 3.31. The number of ether oxygens (including phenoxy) is 1. The molecular weight excluding hydrogens is 250 g/mol. The van der Waals surface area contributed by atoms with Crippen molar-refractivity contribution >= 4 is 6.09 Å². The van der Waals surface area contributed by atoms with Crippen LogP contribution in [0.2, 0.25) is 0 Å². The molecule has 1 saturated carbocycles. The Hall–Kier alpha value is -1.51. The molecule has 1 aromatic rings. The number of nitrogens with zero attached hydrogens (tertiary/aromatic N) is 1. The fraction of sp³-hybridized carbons (Fsp3) is 0.588. The molecule has 3 heteroatoms. The maximum Gasteiger partial charge on any atom is 0.410 e. The van der Waals surface area contributed by atoms with Gasteiger partial charge < -0.3 is 4.74 Å². The van der Waals surface area contributed by atoms with Crippen LogP contribution >= 0.6 is 0 Å². The molecular formula is C17H21NO2. The van der Waals surface area contributed by atoms with Crippen molar-refractivity contribution in [1.82, 2.24) is 4.90 Å². The van der Waals surface area contributed by atoms with Gasteiger partial charge in [0.2, 0.25) is 0 Å². The second-order valence-electron chi connectivity index (χ2n) is 6.52. The van der Waals surface area contributed by atoms with Crippen LogP contribution in [0.25, 0.3) is 0 Å². The molecule has 3 aliphatic rings. The molecule has 1 saturated heterocycles. The van der Waals surface area contributed by atoms with Gasteiger partial charge in [-0.2, -0.15) is 0 Å². The molecule has 1 spiro atoms. The average Bonchev–Trinajstić information content (AvgIpc) is 3.07. The highest BCUT2D eigenvalue weighted by Crippen LogP contribution is 2.43. The van der Waals surface area contributed by atoms with E-state index in [0.717, 1.165) is 32.1 Å². The fourth-order valence-electron chi connectivity index (χ4n) is 4.38. The lowest BCUT2D eigenvalue weighted by molar-refractivity contribution is 0.110. The van der Waals surface area contributed by atoms with Crippen molar-refractivity contribution in [1.29, 1.82) is 0 Å². The van der Waals surface area contributed by atoms with Crippen LogP contribution in [0.3, 0.4) is 0 Å². The van der Waals surface area contributed by atoms with E-state index in [9.17, 15) is 4.79 Å². The molecule has 1 aliphatic heterocycles. The van der Waals surface area contributed by atoms with Gasteiger partial charge in [0, 0.05) is 6.04 Å². The quantitative estimate of drug-likeness (QED) is 0.784. The summed E-state index contributed by atoms with van der Waals surface area (Å²) in [6.07, 6.45) is 7.79. The molecule has 1 amide bonds. The first-order valence-electron chi connectivity index (χ1n) is 7.81. The molecule has 1 aromatic carbocycles. The van der Waals surface area contributed by atoms with Gasteiger partial charge in [-0.25, -0.2) is 4.79 Å². The number of hydrogen-bond acceptors (Lipinski definition) is 2. The zero-order chi connectivity index (χ0) is 13.6. The topological polar surface area (TPSA) is 29.5 Å². The third-order valence-corrected chi connectivity index (χ3v) is 5.39. The van der Waals surface area contributed by atoms with Gasteiger partial charge in [0.15, 0.2) is 0 Å². The lowest BCUT2D eigenvalue weighted by atomic mass is 9.85. The van der Waals surface area contributed by atoms with E-state index in [2.05, 4.69) is 29.2 Å². The summed E-state index contributed by atoms with van der Waals surface area (Å²) in [5, 5.41) is 0. The van der Waals surface area contributed by atoms with Gasteiger partial charge in [0.1, 0.15) is 6.61 Å². The van der Waals surface area contributed by atoms with Crippen molar-refractivity contribution in [3.05, 3.63) is 35.4 Å². The molecule has 4 rings (SSSR count). The molecule has 0 aromatic heterocycles. The van der Waals surface area contributed by atoms with E-state index in [0.29, 0.717) is 12.6 Å². The Kier molecular flexibility index (Phi) is 2.76. The fourth-order valence-corrected chi connectivity index (χ4v) is 4.38. The first kappa shape index (κ1) is 12.2. The van der Waals surface area contributed by atoms with Crippen LogP contribution in [-0.4, -0.2) is 29.2 Å². The minimum atomic E-state index is -0.0729. The Balaban J connectivity index is 1.63. The molecule has 1 unspecified atom stereocenters. The highest BCUT2D eigenvalue weighted by molar-refractivity contribution is 5.72. The number of amides is 1. The molecule has 2 aliphatic carbocycles. The van der Waals surface area contributed by atoms with Gasteiger partial charge in [0.05, 0.1) is 5.54 Å². The standard InChI is InChI=1S/C17H21NO2/c19-16-18(17(12-20-16)9-3-4-10-17)15-8-7-13-5-1-2-6-14(13)11-15/h1-2,5-6,15H,3-4,7-12H2. The SMILES string of the molecule is O=C1OCC2(CCCC2)N1C1CCc2ccccc2C1. The summed E-state index contributed by atoms with van der Waals surface area (Å²) in [5.41, 5.74) is 2.89. The van der Waals surface area contributed by atoms with Crippen LogP contribution < -0.4 is 0 Å². The molecule has 1 atom stereocenters. The van der Waals surface area contributed by atoms with Crippen molar-refractivity contribution in [2.24, 2.45) is 0 Å². The number of carbonyl (C=O) groups excluding carboxylic acids is 1. The van der Waals surface area contributed by atoms with Crippen LogP contribution in [0.4, 0.5) is 4.79 Å². The Morgan fingerprint density at radius 1 is 1.15 bits per heavy atom. The highest BCUT2D eigenvalue weighted by atomic mass is 16.6. The number of cyclic esters (lactones) is 1. The summed E-state index contributed by atoms with van der Waals surface area (Å²) in [6, 6.07) is 8.98. The molecule has 0 N–H and O–H groups in total. The molecule has 106 valence electrons. The van der Waals surface area contributed by atoms with Gasteiger partial charge in [-0.3, -0.25) is 4.90 Å². The Labute approximate surface area is 119 Å². The number of carbonyl (C=O) groups is 1. The lowest BCUT2D eigenvalue weighted by Gasteiger charge is -2.40. The summed E-state index contributed by atoms with van der Waals surface area (Å²) >= 11 is 0. The van der Waals surface area contributed by atoms with Crippen molar-refractivity contribution in [2.75, 3.05) is 6.61 Å². The van der Waals surface area contributed by atoms with Crippen LogP contribution in [0.15, 0.2) is 24.3 Å². The lowest BCUT2D eigenvalue weighted by Crippen LogP contribution is -2.52. The largest absolute Gasteiger partial charge is 0.447 e. The average molecular weight is 271 g/mol. The van der Waals surface area contributed by atoms with E-state index in [1.165, 1.54) is 24.0 Å². The molecule has 0 radical (unpaired) electrons. The number of fused-ring (bicyclic) bond motifs is 1. The summed E-state index contributed by atoms with van der Waals surface area (Å²) < 4.78 is 5.43. The van der Waals surface area contributed by atoms with Gasteiger partial charge in [0.25, 0.3) is 0 Å². The van der Waals surface area contributed by atoms with Crippen LogP contribution in [0, 0.1) is 0 Å². The summed E-state index contributed by atoms with van der Waals surface area (Å²) in [7, 11) is 0. The van der Waals surface area contributed by atoms with Gasteiger partial charge in [-0.05, 0) is 43.2 Å². The van der Waals surface area contributed by atoms with Crippen molar-refractivity contribution in [3.63, 3.8) is 0 Å². The Morgan fingerprint density at radius 2 is 1.90 bits per heavy atom. The van der Waals surface area contributed by atoms with E-state index in [4.69, 9.17) is 4.74 Å². The first-order chi connectivity index (χ1) is 9.78. The predicted molar refractivity (Wildman–Crippen MR) is 76.6 cm³/mol. The number of hydrogen-bond donors (Lipinski definition) is 0. The van der Waals surface area contributed by atoms with E-state index in [-0.39, 0.29) is 11.6 Å². The maximum atomic E-state index is 12.3. The molecule has 0 bridgehead atoms. The minimum Gasteiger partial charge on any atom is -0.447 e. The normalized spacial score (nSPS) is 27.7. The maximum absolute atomic E-state index is 12.3. The van der Waals surface area contributed by atoms with E-state index in [1.807, 2.05) is 0 Å². The molecule has 2 fully saturated rings. The molecule has 3 nitrogen and oxygen atoms in total. The summed E-state index contributed by atoms with van der Waals surface area (Å²) in [4.78, 5) is 14.4. The zero-order valence-electron chi connectivity index (χ0n) is 11.8. The second-order valence-corrected chi connectivity index (χ2v) is 6.52. The molecule has 20 heavy (non-hydrogen) atoms. The van der Waals surface area contributed by atoms with Crippen molar-refractivity contribution < 1.29 is 9.53 Å². The van der Waals surface area contributed by atoms with Crippen molar-refractivity contribution in [2.45, 2.75) is 56.5 Å². The number of rotatable bonds is 1. The van der Waals surface area contributed by atoms with Crippen LogP contribution in [0.1, 0.15) is 43.2 Å². The van der Waals surface area contributed by atoms with Gasteiger partial charge >= 0.3 is 6.09 Å². The molecule has 1 heterocycles. The third-order valence-electron chi connectivity index (χ3n) is 5.39. The first-order valence-corrected chi connectivity index (χ1v) is 7.81. The Bertz CT molecular complexity index is 534. The summed E-state index contributed by atoms with van der Waals surface area (Å²) in [5.74, 6) is 0. The zero-order valence-corrected chi connectivity index (χ0v) is 11.8. The number of benzene rings is 1. The minimum absolute atomic E-state index is 0.0219. The number of aryl methyl sites for hydroxylation is 1. The van der Waals surface area contributed by atoms with Gasteiger partial charge in [-0.15, -0.1) is 0 Å². The van der Waals surface area contributed by atoms with Crippen molar-refractivity contribution in [3.8, 4) is 0 Å². The van der Waals surface area contributed by atoms with Crippen LogP contribution in [0.5, 0.6) is 0 Å². The van der Waals surface area contributed by atoms with Crippen LogP contribution in [-0.2, 0) is 17.6 Å². The smallest absolute Gasteiger partial charge is 0.410 e. The Morgan fingerprint density at radius 3 is 2.70 bits per heavy atom. The highest BCUT2D eigenvalue weighted by Gasteiger charge is 2.51. The monoisotopic (exact) mass is 271 g/mol. The summed E-state index contributed by atoms with van der Waals surface area (Å²) in [6.45, 7) is 0.615. The van der Waals surface area contributed by atoms with E-state index >= 15 is 0 Å². The van der Waals surface area contributed by atoms with E-state index in [1.54, 1.807) is 0 Å².